The van der Waals surface area contributed by atoms with E-state index in [1.807, 2.05) is 0 Å². The van der Waals surface area contributed by atoms with Gasteiger partial charge in [0.25, 0.3) is 0 Å². The average molecular weight is 379 g/mol. The Morgan fingerprint density at radius 2 is 1.78 bits per heavy atom. The van der Waals surface area contributed by atoms with E-state index >= 15 is 0 Å². The minimum absolute atomic E-state index is 0.0328. The number of hydrogen-bond acceptors (Lipinski definition) is 4. The number of nitrogens with zero attached hydrogens (tertiary/aromatic N) is 3. The molecule has 0 unspecified atom stereocenters. The summed E-state index contributed by atoms with van der Waals surface area (Å²) in [5, 5.41) is 3.77. The van der Waals surface area contributed by atoms with Gasteiger partial charge in [-0.15, -0.1) is 0 Å². The highest BCUT2D eigenvalue weighted by molar-refractivity contribution is 5.95. The molecule has 2 heterocycles. The number of carbonyl (C=O) groups is 1. The van der Waals surface area contributed by atoms with Gasteiger partial charge in [0.1, 0.15) is 11.3 Å². The molecule has 27 heavy (non-hydrogen) atoms. The third-order valence-corrected chi connectivity index (χ3v) is 6.75. The number of halogens is 3. The maximum Gasteiger partial charge on any atom is 0.433 e. The van der Waals surface area contributed by atoms with Crippen molar-refractivity contribution in [3.05, 3.63) is 29.2 Å². The Hall–Kier alpha value is -2.12. The lowest BCUT2D eigenvalue weighted by Crippen LogP contribution is -2.49. The van der Waals surface area contributed by atoms with Crippen LogP contribution in [0.2, 0.25) is 0 Å². The molecule has 5 nitrogen and oxygen atoms in total. The van der Waals surface area contributed by atoms with E-state index in [1.54, 1.807) is 0 Å². The summed E-state index contributed by atoms with van der Waals surface area (Å²) < 4.78 is 46.7. The third-order valence-electron chi connectivity index (χ3n) is 6.75. The van der Waals surface area contributed by atoms with E-state index in [1.165, 1.54) is 26.4 Å². The monoisotopic (exact) mass is 379 g/mol. The summed E-state index contributed by atoms with van der Waals surface area (Å²) >= 11 is 0. The summed E-state index contributed by atoms with van der Waals surface area (Å²) in [7, 11) is 1.19. The van der Waals surface area contributed by atoms with Crippen molar-refractivity contribution in [2.45, 2.75) is 50.1 Å². The number of aromatic nitrogens is 3. The van der Waals surface area contributed by atoms with Gasteiger partial charge in [-0.2, -0.15) is 18.3 Å². The fraction of sp³-hybridized carbons (Fsp3) is 0.632. The summed E-state index contributed by atoms with van der Waals surface area (Å²) in [5.74, 6) is 1.00. The number of hydrogen-bond donors (Lipinski definition) is 0. The molecule has 0 saturated heterocycles. The van der Waals surface area contributed by atoms with Gasteiger partial charge in [0.15, 0.2) is 5.65 Å². The first-order valence-corrected chi connectivity index (χ1v) is 9.34. The number of rotatable bonds is 2. The van der Waals surface area contributed by atoms with Gasteiger partial charge in [0, 0.05) is 5.41 Å². The van der Waals surface area contributed by atoms with Crippen LogP contribution in [0.5, 0.6) is 0 Å². The minimum atomic E-state index is -4.59. The highest BCUT2D eigenvalue weighted by Gasteiger charge is 2.53. The number of ether oxygens (including phenoxy) is 1. The summed E-state index contributed by atoms with van der Waals surface area (Å²) in [5.41, 5.74) is -0.828. The van der Waals surface area contributed by atoms with Gasteiger partial charge < -0.3 is 4.74 Å². The van der Waals surface area contributed by atoms with Crippen molar-refractivity contribution in [3.63, 3.8) is 0 Å². The first kappa shape index (κ1) is 17.0. The lowest BCUT2D eigenvalue weighted by atomic mass is 9.49. The Kier molecular flexibility index (Phi) is 3.44. The fourth-order valence-corrected chi connectivity index (χ4v) is 6.11. The molecule has 8 heteroatoms. The second-order valence-electron chi connectivity index (χ2n) is 8.51. The van der Waals surface area contributed by atoms with Crippen molar-refractivity contribution < 1.29 is 22.7 Å². The van der Waals surface area contributed by atoms with E-state index in [4.69, 9.17) is 4.74 Å². The molecule has 0 aromatic carbocycles. The van der Waals surface area contributed by atoms with E-state index in [2.05, 4.69) is 10.1 Å². The Balaban J connectivity index is 1.72. The second-order valence-corrected chi connectivity index (χ2v) is 8.51. The summed E-state index contributed by atoms with van der Waals surface area (Å²) in [4.78, 5) is 16.6. The van der Waals surface area contributed by atoms with E-state index in [-0.39, 0.29) is 16.6 Å². The van der Waals surface area contributed by atoms with Gasteiger partial charge in [0.2, 0.25) is 0 Å². The van der Waals surface area contributed by atoms with Crippen LogP contribution in [0, 0.1) is 17.8 Å². The van der Waals surface area contributed by atoms with Crippen molar-refractivity contribution in [1.82, 2.24) is 14.6 Å². The molecule has 4 saturated carbocycles. The fourth-order valence-electron chi connectivity index (χ4n) is 6.11. The van der Waals surface area contributed by atoms with Crippen molar-refractivity contribution in [2.75, 3.05) is 7.11 Å². The number of carbonyl (C=O) groups excluding carboxylic acids is 1. The van der Waals surface area contributed by atoms with Gasteiger partial charge in [-0.25, -0.2) is 14.3 Å². The van der Waals surface area contributed by atoms with E-state index in [9.17, 15) is 18.0 Å². The minimum Gasteiger partial charge on any atom is -0.465 e. The quantitative estimate of drug-likeness (QED) is 0.740. The molecule has 0 spiro atoms. The molecule has 4 bridgehead atoms. The van der Waals surface area contributed by atoms with E-state index in [0.29, 0.717) is 23.4 Å². The van der Waals surface area contributed by atoms with Crippen LogP contribution in [0.15, 0.2) is 12.3 Å². The molecule has 0 N–H and O–H groups in total. The molecule has 4 fully saturated rings. The zero-order chi connectivity index (χ0) is 19.0. The molecule has 0 radical (unpaired) electrons. The normalized spacial score (nSPS) is 32.2. The standard InChI is InChI=1S/C19H20F3N3O2/c1-27-17(26)13-9-23-25-15(19(20,21)22)5-14(24-16(13)25)18-6-10-2-11(7-18)4-12(3-10)8-18/h5,9-12H,2-4,6-8H2,1H3. The molecule has 144 valence electrons. The number of fused-ring (bicyclic) bond motifs is 1. The molecule has 4 aliphatic rings. The van der Waals surface area contributed by atoms with Crippen LogP contribution in [-0.4, -0.2) is 27.7 Å². The van der Waals surface area contributed by atoms with Crippen LogP contribution in [0.1, 0.15) is 60.3 Å². The van der Waals surface area contributed by atoms with Gasteiger partial charge in [-0.05, 0) is 62.3 Å². The van der Waals surface area contributed by atoms with Crippen LogP contribution < -0.4 is 0 Å². The van der Waals surface area contributed by atoms with Gasteiger partial charge in [-0.3, -0.25) is 0 Å². The Morgan fingerprint density at radius 3 is 2.30 bits per heavy atom. The predicted molar refractivity (Wildman–Crippen MR) is 89.2 cm³/mol. The van der Waals surface area contributed by atoms with Crippen LogP contribution >= 0.6 is 0 Å². The maximum atomic E-state index is 13.8. The lowest BCUT2D eigenvalue weighted by Gasteiger charge is -2.56. The topological polar surface area (TPSA) is 56.5 Å². The van der Waals surface area contributed by atoms with Gasteiger partial charge in [0.05, 0.1) is 19.0 Å². The van der Waals surface area contributed by atoms with Crippen LogP contribution in [0.4, 0.5) is 13.2 Å². The first-order valence-electron chi connectivity index (χ1n) is 9.34. The Morgan fingerprint density at radius 1 is 1.19 bits per heavy atom. The Bertz CT molecular complexity index is 899. The first-order chi connectivity index (χ1) is 12.8. The average Bonchev–Trinajstić information content (AvgIpc) is 3.02. The SMILES string of the molecule is COC(=O)c1cnn2c(C(F)(F)F)cc(C34CC5CC(CC(C5)C3)C4)nc12. The summed E-state index contributed by atoms with van der Waals surface area (Å²) in [6, 6.07) is 1.16. The summed E-state index contributed by atoms with van der Waals surface area (Å²) in [6.45, 7) is 0. The van der Waals surface area contributed by atoms with E-state index in [0.717, 1.165) is 36.0 Å². The number of esters is 1. The molecule has 6 rings (SSSR count). The maximum absolute atomic E-state index is 13.8. The largest absolute Gasteiger partial charge is 0.465 e. The molecule has 0 atom stereocenters. The molecular formula is C19H20F3N3O2. The van der Waals surface area contributed by atoms with Gasteiger partial charge in [-0.1, -0.05) is 0 Å². The van der Waals surface area contributed by atoms with Crippen LogP contribution in [-0.2, 0) is 16.3 Å². The zero-order valence-electron chi connectivity index (χ0n) is 14.9. The second kappa shape index (κ2) is 5.45. The van der Waals surface area contributed by atoms with E-state index < -0.39 is 17.8 Å². The molecule has 0 aliphatic heterocycles. The highest BCUT2D eigenvalue weighted by atomic mass is 19.4. The zero-order valence-corrected chi connectivity index (χ0v) is 14.9. The van der Waals surface area contributed by atoms with Crippen LogP contribution in [0.25, 0.3) is 5.65 Å². The Labute approximate surface area is 153 Å². The third kappa shape index (κ3) is 2.48. The molecule has 2 aromatic rings. The lowest BCUT2D eigenvalue weighted by molar-refractivity contribution is -0.142. The molecular weight excluding hydrogens is 359 g/mol. The van der Waals surface area contributed by atoms with Crippen molar-refractivity contribution in [3.8, 4) is 0 Å². The van der Waals surface area contributed by atoms with Crippen LogP contribution in [0.3, 0.4) is 0 Å². The van der Waals surface area contributed by atoms with Crippen molar-refractivity contribution in [2.24, 2.45) is 17.8 Å². The molecule has 2 aromatic heterocycles. The highest BCUT2D eigenvalue weighted by Crippen LogP contribution is 2.60. The number of alkyl halides is 3. The number of methoxy groups -OCH3 is 1. The predicted octanol–water partition coefficient (Wildman–Crippen LogP) is 4.00. The molecule has 0 amide bonds. The smallest absolute Gasteiger partial charge is 0.433 e. The van der Waals surface area contributed by atoms with Crippen molar-refractivity contribution >= 4 is 11.6 Å². The van der Waals surface area contributed by atoms with Crippen molar-refractivity contribution in [1.29, 1.82) is 0 Å². The molecule has 4 aliphatic carbocycles. The van der Waals surface area contributed by atoms with Gasteiger partial charge >= 0.3 is 12.1 Å². The summed E-state index contributed by atoms with van der Waals surface area (Å²) in [6.07, 6.45) is 2.75.